The van der Waals surface area contributed by atoms with Crippen molar-refractivity contribution in [2.75, 3.05) is 7.11 Å². The highest BCUT2D eigenvalue weighted by molar-refractivity contribution is 6.30. The second-order valence-corrected chi connectivity index (χ2v) is 2.17. The molecule has 4 nitrogen and oxygen atoms in total. The number of nitro groups is 1. The molecule has 66 valence electrons. The summed E-state index contributed by atoms with van der Waals surface area (Å²) < 4.78 is 0. The van der Waals surface area contributed by atoms with E-state index in [-0.39, 0.29) is 5.69 Å². The van der Waals surface area contributed by atoms with E-state index in [1.165, 1.54) is 24.3 Å². The lowest BCUT2D eigenvalue weighted by atomic mass is 10.3. The monoisotopic (exact) mass is 189 g/mol. The zero-order chi connectivity index (χ0) is 9.56. The van der Waals surface area contributed by atoms with Crippen LogP contribution in [0.15, 0.2) is 24.3 Å². The average Bonchev–Trinajstić information content (AvgIpc) is 2.09. The third-order valence-electron chi connectivity index (χ3n) is 1.04. The van der Waals surface area contributed by atoms with E-state index >= 15 is 0 Å². The number of nitrogens with zero attached hydrogens (tertiary/aromatic N) is 1. The van der Waals surface area contributed by atoms with E-state index < -0.39 is 4.92 Å². The number of halogens is 1. The van der Waals surface area contributed by atoms with E-state index in [4.69, 9.17) is 16.7 Å². The second-order valence-electron chi connectivity index (χ2n) is 1.73. The fourth-order valence-electron chi connectivity index (χ4n) is 0.563. The zero-order valence-electron chi connectivity index (χ0n) is 6.40. The largest absolute Gasteiger partial charge is 0.400 e. The van der Waals surface area contributed by atoms with Gasteiger partial charge in [-0.25, -0.2) is 0 Å². The number of hydrogen-bond acceptors (Lipinski definition) is 3. The smallest absolute Gasteiger partial charge is 0.269 e. The van der Waals surface area contributed by atoms with Crippen LogP contribution in [0, 0.1) is 10.1 Å². The van der Waals surface area contributed by atoms with Crippen LogP contribution in [0.3, 0.4) is 0 Å². The molecule has 0 aliphatic heterocycles. The Morgan fingerprint density at radius 3 is 2.08 bits per heavy atom. The SMILES string of the molecule is CO.O=[N+]([O-])c1ccc(Cl)cc1. The molecule has 0 bridgehead atoms. The Labute approximate surface area is 74.6 Å². The quantitative estimate of drug-likeness (QED) is 0.542. The van der Waals surface area contributed by atoms with E-state index in [0.717, 1.165) is 7.11 Å². The van der Waals surface area contributed by atoms with Crippen molar-refractivity contribution >= 4 is 17.3 Å². The highest BCUT2D eigenvalue weighted by Gasteiger charge is 2.01. The Hall–Kier alpha value is -1.13. The summed E-state index contributed by atoms with van der Waals surface area (Å²) in [6.07, 6.45) is 0. The molecule has 12 heavy (non-hydrogen) atoms. The molecule has 1 aromatic rings. The zero-order valence-corrected chi connectivity index (χ0v) is 7.15. The predicted molar refractivity (Wildman–Crippen MR) is 46.2 cm³/mol. The first-order valence-electron chi connectivity index (χ1n) is 3.05. The Bertz CT molecular complexity index is 247. The Morgan fingerprint density at radius 2 is 1.75 bits per heavy atom. The van der Waals surface area contributed by atoms with Gasteiger partial charge in [-0.2, -0.15) is 0 Å². The molecule has 0 aliphatic carbocycles. The standard InChI is InChI=1S/C6H4ClNO2.CH4O/c7-5-1-3-6(4-2-5)8(9)10;1-2/h1-4H;2H,1H3. The maximum absolute atomic E-state index is 10.1. The number of nitro benzene ring substituents is 1. The highest BCUT2D eigenvalue weighted by Crippen LogP contribution is 2.14. The van der Waals surface area contributed by atoms with Crippen LogP contribution in [0.1, 0.15) is 0 Å². The van der Waals surface area contributed by atoms with Crippen LogP contribution < -0.4 is 0 Å². The summed E-state index contributed by atoms with van der Waals surface area (Å²) in [6, 6.07) is 5.70. The Kier molecular flexibility index (Phi) is 4.99. The van der Waals surface area contributed by atoms with E-state index in [9.17, 15) is 10.1 Å². The van der Waals surface area contributed by atoms with Crippen molar-refractivity contribution in [1.29, 1.82) is 0 Å². The van der Waals surface area contributed by atoms with Crippen LogP contribution >= 0.6 is 11.6 Å². The van der Waals surface area contributed by atoms with Crippen molar-refractivity contribution in [2.24, 2.45) is 0 Å². The molecule has 0 aromatic heterocycles. The van der Waals surface area contributed by atoms with Gasteiger partial charge in [0.1, 0.15) is 0 Å². The van der Waals surface area contributed by atoms with Gasteiger partial charge in [0.2, 0.25) is 0 Å². The van der Waals surface area contributed by atoms with Gasteiger partial charge in [-0.05, 0) is 12.1 Å². The van der Waals surface area contributed by atoms with Gasteiger partial charge in [0.05, 0.1) is 4.92 Å². The van der Waals surface area contributed by atoms with Gasteiger partial charge in [-0.3, -0.25) is 10.1 Å². The van der Waals surface area contributed by atoms with Gasteiger partial charge in [0.15, 0.2) is 0 Å². The van der Waals surface area contributed by atoms with E-state index in [0.29, 0.717) is 5.02 Å². The van der Waals surface area contributed by atoms with Gasteiger partial charge >= 0.3 is 0 Å². The molecule has 1 N–H and O–H groups in total. The molecule has 0 atom stereocenters. The molecular formula is C7H8ClNO3. The van der Waals surface area contributed by atoms with Crippen molar-refractivity contribution in [3.8, 4) is 0 Å². The van der Waals surface area contributed by atoms with E-state index in [1.54, 1.807) is 0 Å². The minimum Gasteiger partial charge on any atom is -0.400 e. The third kappa shape index (κ3) is 3.32. The van der Waals surface area contributed by atoms with Crippen molar-refractivity contribution in [3.63, 3.8) is 0 Å². The van der Waals surface area contributed by atoms with Crippen LogP contribution in [0.25, 0.3) is 0 Å². The molecule has 0 unspecified atom stereocenters. The number of aliphatic hydroxyl groups is 1. The first-order chi connectivity index (χ1) is 5.70. The third-order valence-corrected chi connectivity index (χ3v) is 1.29. The number of rotatable bonds is 1. The molecule has 0 saturated carbocycles. The Morgan fingerprint density at radius 1 is 1.33 bits per heavy atom. The summed E-state index contributed by atoms with van der Waals surface area (Å²) >= 11 is 5.49. The molecule has 0 spiro atoms. The van der Waals surface area contributed by atoms with Gasteiger partial charge in [0, 0.05) is 24.3 Å². The minimum atomic E-state index is -0.462. The van der Waals surface area contributed by atoms with E-state index in [2.05, 4.69) is 0 Å². The van der Waals surface area contributed by atoms with Crippen molar-refractivity contribution in [1.82, 2.24) is 0 Å². The Balaban J connectivity index is 0.000000561. The molecular weight excluding hydrogens is 182 g/mol. The van der Waals surface area contributed by atoms with Crippen molar-refractivity contribution in [3.05, 3.63) is 39.4 Å². The lowest BCUT2D eigenvalue weighted by Crippen LogP contribution is -1.85. The van der Waals surface area contributed by atoms with Gasteiger partial charge in [-0.15, -0.1) is 0 Å². The lowest BCUT2D eigenvalue weighted by Gasteiger charge is -1.88. The number of aliphatic hydroxyl groups excluding tert-OH is 1. The summed E-state index contributed by atoms with van der Waals surface area (Å²) in [5, 5.41) is 17.6. The maximum atomic E-state index is 10.1. The van der Waals surface area contributed by atoms with Crippen LogP contribution in [0.5, 0.6) is 0 Å². The van der Waals surface area contributed by atoms with Gasteiger partial charge in [-0.1, -0.05) is 11.6 Å². The van der Waals surface area contributed by atoms with Gasteiger partial charge in [0.25, 0.3) is 5.69 Å². The molecule has 1 rings (SSSR count). The molecule has 0 radical (unpaired) electrons. The molecule has 5 heteroatoms. The molecule has 1 aromatic carbocycles. The maximum Gasteiger partial charge on any atom is 0.269 e. The van der Waals surface area contributed by atoms with Crippen LogP contribution in [-0.2, 0) is 0 Å². The lowest BCUT2D eigenvalue weighted by molar-refractivity contribution is -0.384. The second kappa shape index (κ2) is 5.51. The fourth-order valence-corrected chi connectivity index (χ4v) is 0.689. The first kappa shape index (κ1) is 10.9. The predicted octanol–water partition coefficient (Wildman–Crippen LogP) is 1.86. The highest BCUT2D eigenvalue weighted by atomic mass is 35.5. The van der Waals surface area contributed by atoms with Gasteiger partial charge < -0.3 is 5.11 Å². The summed E-state index contributed by atoms with van der Waals surface area (Å²) in [6.45, 7) is 0. The fraction of sp³-hybridized carbons (Fsp3) is 0.143. The molecule has 0 aliphatic rings. The number of hydrogen-bond donors (Lipinski definition) is 1. The topological polar surface area (TPSA) is 63.4 Å². The first-order valence-corrected chi connectivity index (χ1v) is 3.42. The van der Waals surface area contributed by atoms with Crippen LogP contribution in [-0.4, -0.2) is 17.1 Å². The summed E-state index contributed by atoms with van der Waals surface area (Å²) in [4.78, 5) is 9.61. The number of non-ortho nitro benzene ring substituents is 1. The molecule has 0 amide bonds. The average molecular weight is 190 g/mol. The van der Waals surface area contributed by atoms with Crippen LogP contribution in [0.4, 0.5) is 5.69 Å². The molecule has 0 saturated heterocycles. The molecule has 0 heterocycles. The van der Waals surface area contributed by atoms with Crippen LogP contribution in [0.2, 0.25) is 5.02 Å². The summed E-state index contributed by atoms with van der Waals surface area (Å²) in [5.74, 6) is 0. The van der Waals surface area contributed by atoms with E-state index in [1.807, 2.05) is 0 Å². The molecule has 0 fully saturated rings. The normalized spacial score (nSPS) is 8.25. The minimum absolute atomic E-state index is 0.0596. The number of benzene rings is 1. The summed E-state index contributed by atoms with van der Waals surface area (Å²) in [7, 11) is 1.00. The van der Waals surface area contributed by atoms with Crippen molar-refractivity contribution < 1.29 is 10.0 Å². The van der Waals surface area contributed by atoms with Crippen molar-refractivity contribution in [2.45, 2.75) is 0 Å². The summed E-state index contributed by atoms with van der Waals surface area (Å²) in [5.41, 5.74) is 0.0596.